The van der Waals surface area contributed by atoms with Crippen molar-refractivity contribution < 1.29 is 4.74 Å². The van der Waals surface area contributed by atoms with Crippen molar-refractivity contribution in [2.75, 3.05) is 13.2 Å². The summed E-state index contributed by atoms with van der Waals surface area (Å²) < 4.78 is 5.32. The smallest absolute Gasteiger partial charge is 0.0616 e. The molecule has 1 heterocycles. The predicted octanol–water partition coefficient (Wildman–Crippen LogP) is 1.90. The van der Waals surface area contributed by atoms with Gasteiger partial charge in [0, 0.05) is 31.1 Å². The SMILES string of the molecule is CCOCC(C)NCc1ccc(C)nc1. The molecule has 1 unspecified atom stereocenters. The zero-order valence-corrected chi connectivity index (χ0v) is 9.79. The van der Waals surface area contributed by atoms with Crippen molar-refractivity contribution in [3.05, 3.63) is 29.6 Å². The summed E-state index contributed by atoms with van der Waals surface area (Å²) in [5, 5.41) is 3.39. The van der Waals surface area contributed by atoms with Crippen LogP contribution >= 0.6 is 0 Å². The third kappa shape index (κ3) is 4.91. The molecule has 0 bridgehead atoms. The largest absolute Gasteiger partial charge is 0.380 e. The summed E-state index contributed by atoms with van der Waals surface area (Å²) in [6.45, 7) is 8.51. The lowest BCUT2D eigenvalue weighted by Gasteiger charge is -2.13. The molecule has 0 amide bonds. The summed E-state index contributed by atoms with van der Waals surface area (Å²) in [6.07, 6.45) is 1.91. The summed E-state index contributed by atoms with van der Waals surface area (Å²) in [4.78, 5) is 4.25. The van der Waals surface area contributed by atoms with E-state index in [4.69, 9.17) is 4.74 Å². The van der Waals surface area contributed by atoms with Gasteiger partial charge in [0.1, 0.15) is 0 Å². The molecule has 0 saturated heterocycles. The van der Waals surface area contributed by atoms with E-state index in [-0.39, 0.29) is 0 Å². The van der Waals surface area contributed by atoms with Crippen LogP contribution in [-0.4, -0.2) is 24.2 Å². The van der Waals surface area contributed by atoms with Crippen molar-refractivity contribution in [2.24, 2.45) is 0 Å². The summed E-state index contributed by atoms with van der Waals surface area (Å²) in [5.41, 5.74) is 2.27. The number of ether oxygens (including phenoxy) is 1. The highest BCUT2D eigenvalue weighted by atomic mass is 16.5. The predicted molar refractivity (Wildman–Crippen MR) is 61.8 cm³/mol. The summed E-state index contributed by atoms with van der Waals surface area (Å²) in [5.74, 6) is 0. The molecule has 1 N–H and O–H groups in total. The van der Waals surface area contributed by atoms with Crippen LogP contribution < -0.4 is 5.32 Å². The van der Waals surface area contributed by atoms with Crippen LogP contribution in [0.15, 0.2) is 18.3 Å². The Labute approximate surface area is 91.9 Å². The van der Waals surface area contributed by atoms with E-state index >= 15 is 0 Å². The van der Waals surface area contributed by atoms with Gasteiger partial charge in [-0.15, -0.1) is 0 Å². The number of rotatable bonds is 6. The second-order valence-electron chi connectivity index (χ2n) is 3.75. The Morgan fingerprint density at radius 3 is 2.87 bits per heavy atom. The number of aryl methyl sites for hydroxylation is 1. The van der Waals surface area contributed by atoms with Crippen LogP contribution in [0.25, 0.3) is 0 Å². The quantitative estimate of drug-likeness (QED) is 0.775. The van der Waals surface area contributed by atoms with E-state index in [9.17, 15) is 0 Å². The van der Waals surface area contributed by atoms with Crippen molar-refractivity contribution in [1.29, 1.82) is 0 Å². The van der Waals surface area contributed by atoms with Gasteiger partial charge in [-0.2, -0.15) is 0 Å². The van der Waals surface area contributed by atoms with Gasteiger partial charge < -0.3 is 10.1 Å². The van der Waals surface area contributed by atoms with Gasteiger partial charge in [-0.3, -0.25) is 4.98 Å². The first-order chi connectivity index (χ1) is 7.22. The molecule has 1 rings (SSSR count). The van der Waals surface area contributed by atoms with Crippen LogP contribution in [-0.2, 0) is 11.3 Å². The Bertz CT molecular complexity index is 271. The monoisotopic (exact) mass is 208 g/mol. The molecule has 0 spiro atoms. The molecule has 0 aliphatic rings. The van der Waals surface area contributed by atoms with Gasteiger partial charge in [0.25, 0.3) is 0 Å². The number of pyridine rings is 1. The van der Waals surface area contributed by atoms with Crippen LogP contribution in [0.2, 0.25) is 0 Å². The topological polar surface area (TPSA) is 34.1 Å². The van der Waals surface area contributed by atoms with E-state index in [1.54, 1.807) is 0 Å². The Morgan fingerprint density at radius 2 is 2.27 bits per heavy atom. The van der Waals surface area contributed by atoms with E-state index in [1.165, 1.54) is 5.56 Å². The molecule has 15 heavy (non-hydrogen) atoms. The third-order valence-electron chi connectivity index (χ3n) is 2.20. The maximum Gasteiger partial charge on any atom is 0.0616 e. The highest BCUT2D eigenvalue weighted by molar-refractivity contribution is 5.12. The van der Waals surface area contributed by atoms with Crippen molar-refractivity contribution in [2.45, 2.75) is 33.4 Å². The Morgan fingerprint density at radius 1 is 1.47 bits per heavy atom. The molecule has 0 radical (unpaired) electrons. The molecule has 0 fully saturated rings. The average molecular weight is 208 g/mol. The van der Waals surface area contributed by atoms with Gasteiger partial charge in [-0.1, -0.05) is 6.07 Å². The maximum atomic E-state index is 5.32. The van der Waals surface area contributed by atoms with Crippen molar-refractivity contribution in [3.8, 4) is 0 Å². The summed E-state index contributed by atoms with van der Waals surface area (Å²) in [6, 6.07) is 4.51. The second kappa shape index (κ2) is 6.53. The molecule has 0 aliphatic carbocycles. The molecule has 0 aromatic carbocycles. The number of aromatic nitrogens is 1. The van der Waals surface area contributed by atoms with E-state index in [0.29, 0.717) is 6.04 Å². The lowest BCUT2D eigenvalue weighted by Crippen LogP contribution is -2.30. The number of hydrogen-bond donors (Lipinski definition) is 1. The van der Waals surface area contributed by atoms with Gasteiger partial charge >= 0.3 is 0 Å². The Kier molecular flexibility index (Phi) is 5.29. The highest BCUT2D eigenvalue weighted by Crippen LogP contribution is 1.99. The van der Waals surface area contributed by atoms with Gasteiger partial charge in [-0.25, -0.2) is 0 Å². The van der Waals surface area contributed by atoms with Crippen LogP contribution in [0.4, 0.5) is 0 Å². The lowest BCUT2D eigenvalue weighted by molar-refractivity contribution is 0.127. The van der Waals surface area contributed by atoms with E-state index < -0.39 is 0 Å². The molecule has 0 saturated carbocycles. The fourth-order valence-electron chi connectivity index (χ4n) is 1.25. The molecular weight excluding hydrogens is 188 g/mol. The van der Waals surface area contributed by atoms with Gasteiger partial charge in [0.15, 0.2) is 0 Å². The molecule has 1 aromatic heterocycles. The van der Waals surface area contributed by atoms with Crippen LogP contribution in [0, 0.1) is 6.92 Å². The minimum atomic E-state index is 0.381. The molecule has 1 aromatic rings. The zero-order valence-electron chi connectivity index (χ0n) is 9.79. The maximum absolute atomic E-state index is 5.32. The van der Waals surface area contributed by atoms with Crippen molar-refractivity contribution in [1.82, 2.24) is 10.3 Å². The lowest BCUT2D eigenvalue weighted by atomic mass is 10.2. The minimum Gasteiger partial charge on any atom is -0.380 e. The highest BCUT2D eigenvalue weighted by Gasteiger charge is 2.00. The number of nitrogens with zero attached hydrogens (tertiary/aromatic N) is 1. The third-order valence-corrected chi connectivity index (χ3v) is 2.20. The first kappa shape index (κ1) is 12.1. The van der Waals surface area contributed by atoms with E-state index in [1.807, 2.05) is 26.1 Å². The van der Waals surface area contributed by atoms with Gasteiger partial charge in [0.2, 0.25) is 0 Å². The Hall–Kier alpha value is -0.930. The molecule has 0 aliphatic heterocycles. The summed E-state index contributed by atoms with van der Waals surface area (Å²) in [7, 11) is 0. The van der Waals surface area contributed by atoms with Crippen molar-refractivity contribution in [3.63, 3.8) is 0 Å². The second-order valence-corrected chi connectivity index (χ2v) is 3.75. The first-order valence-corrected chi connectivity index (χ1v) is 5.45. The fraction of sp³-hybridized carbons (Fsp3) is 0.583. The standard InChI is InChI=1S/C12H20N2O/c1-4-15-9-11(3)14-8-12-6-5-10(2)13-7-12/h5-7,11,14H,4,8-9H2,1-3H3. The number of nitrogens with one attached hydrogen (secondary N) is 1. The molecule has 84 valence electrons. The molecule has 1 atom stereocenters. The van der Waals surface area contributed by atoms with Crippen molar-refractivity contribution >= 4 is 0 Å². The van der Waals surface area contributed by atoms with Crippen LogP contribution in [0.1, 0.15) is 25.1 Å². The van der Waals surface area contributed by atoms with E-state index in [0.717, 1.165) is 25.5 Å². The minimum absolute atomic E-state index is 0.381. The van der Waals surface area contributed by atoms with E-state index in [2.05, 4.69) is 23.3 Å². The first-order valence-electron chi connectivity index (χ1n) is 5.45. The van der Waals surface area contributed by atoms with Gasteiger partial charge in [0.05, 0.1) is 6.61 Å². The fourth-order valence-corrected chi connectivity index (χ4v) is 1.25. The number of hydrogen-bond acceptors (Lipinski definition) is 3. The average Bonchev–Trinajstić information content (AvgIpc) is 2.25. The molecule has 3 nitrogen and oxygen atoms in total. The Balaban J connectivity index is 2.27. The van der Waals surface area contributed by atoms with Crippen LogP contribution in [0.5, 0.6) is 0 Å². The molecule has 3 heteroatoms. The van der Waals surface area contributed by atoms with Crippen LogP contribution in [0.3, 0.4) is 0 Å². The molecular formula is C12H20N2O. The zero-order chi connectivity index (χ0) is 11.1. The van der Waals surface area contributed by atoms with Gasteiger partial charge in [-0.05, 0) is 32.4 Å². The normalized spacial score (nSPS) is 12.7. The summed E-state index contributed by atoms with van der Waals surface area (Å²) >= 11 is 0.